The molecule has 19 heavy (non-hydrogen) atoms. The Balaban J connectivity index is 2.39. The Morgan fingerprint density at radius 1 is 1.32 bits per heavy atom. The molecule has 0 atom stereocenters. The maximum absolute atomic E-state index is 6.23. The zero-order valence-electron chi connectivity index (χ0n) is 11.9. The topological polar surface area (TPSA) is 25.2 Å². The number of nitrogens with one attached hydrogen (secondary N) is 1. The van der Waals surface area contributed by atoms with Gasteiger partial charge in [-0.1, -0.05) is 44.5 Å². The van der Waals surface area contributed by atoms with Gasteiger partial charge in [-0.05, 0) is 31.4 Å². The van der Waals surface area contributed by atoms with Gasteiger partial charge in [-0.2, -0.15) is 0 Å². The molecule has 1 aromatic heterocycles. The molecule has 0 fully saturated rings. The number of halogens is 1. The van der Waals surface area contributed by atoms with Crippen molar-refractivity contribution in [2.24, 2.45) is 5.92 Å². The lowest BCUT2D eigenvalue weighted by atomic mass is 10.00. The number of para-hydroxylation sites is 1. The van der Waals surface area contributed by atoms with Crippen molar-refractivity contribution in [1.29, 1.82) is 0 Å². The minimum Gasteiger partial charge on any atom is -0.458 e. The summed E-state index contributed by atoms with van der Waals surface area (Å²) >= 11 is 6.23. The van der Waals surface area contributed by atoms with Crippen LogP contribution in [0.15, 0.2) is 22.6 Å². The first-order valence-corrected chi connectivity index (χ1v) is 7.40. The summed E-state index contributed by atoms with van der Waals surface area (Å²) in [5, 5.41) is 5.27. The highest BCUT2D eigenvalue weighted by Gasteiger charge is 2.16. The Kier molecular flexibility index (Phi) is 4.89. The van der Waals surface area contributed by atoms with E-state index in [9.17, 15) is 0 Å². The van der Waals surface area contributed by atoms with Crippen LogP contribution in [0, 0.1) is 5.92 Å². The van der Waals surface area contributed by atoms with Gasteiger partial charge in [0, 0.05) is 10.9 Å². The fourth-order valence-corrected chi connectivity index (χ4v) is 2.55. The van der Waals surface area contributed by atoms with E-state index in [0.717, 1.165) is 42.7 Å². The van der Waals surface area contributed by atoms with Crippen LogP contribution in [0.4, 0.5) is 0 Å². The predicted octanol–water partition coefficient (Wildman–Crippen LogP) is 4.78. The van der Waals surface area contributed by atoms with Gasteiger partial charge in [0.1, 0.15) is 5.76 Å². The van der Waals surface area contributed by atoms with Crippen LogP contribution in [0.25, 0.3) is 11.0 Å². The van der Waals surface area contributed by atoms with Crippen LogP contribution in [0.5, 0.6) is 0 Å². The van der Waals surface area contributed by atoms with Crippen LogP contribution in [-0.2, 0) is 13.0 Å². The third-order valence-corrected chi connectivity index (χ3v) is 3.48. The smallest absolute Gasteiger partial charge is 0.153 e. The van der Waals surface area contributed by atoms with Crippen LogP contribution in [-0.4, -0.2) is 6.54 Å². The summed E-state index contributed by atoms with van der Waals surface area (Å²) in [6, 6.07) is 5.98. The molecule has 2 aromatic rings. The van der Waals surface area contributed by atoms with E-state index in [2.05, 4.69) is 32.2 Å². The van der Waals surface area contributed by atoms with Gasteiger partial charge in [0.05, 0.1) is 11.6 Å². The average molecular weight is 280 g/mol. The molecule has 0 radical (unpaired) electrons. The molecule has 0 bridgehead atoms. The number of hydrogen-bond acceptors (Lipinski definition) is 2. The predicted molar refractivity (Wildman–Crippen MR) is 81.8 cm³/mol. The van der Waals surface area contributed by atoms with E-state index in [1.165, 1.54) is 5.56 Å². The van der Waals surface area contributed by atoms with Crippen molar-refractivity contribution in [3.63, 3.8) is 0 Å². The third-order valence-electron chi connectivity index (χ3n) is 3.18. The van der Waals surface area contributed by atoms with E-state index >= 15 is 0 Å². The molecule has 0 aliphatic rings. The van der Waals surface area contributed by atoms with Crippen LogP contribution < -0.4 is 5.32 Å². The monoisotopic (exact) mass is 279 g/mol. The van der Waals surface area contributed by atoms with E-state index in [-0.39, 0.29) is 0 Å². The minimum atomic E-state index is 0.602. The molecular formula is C16H22ClNO. The van der Waals surface area contributed by atoms with Crippen molar-refractivity contribution in [3.05, 3.63) is 34.5 Å². The zero-order valence-corrected chi connectivity index (χ0v) is 12.7. The average Bonchev–Trinajstić information content (AvgIpc) is 2.69. The number of rotatable bonds is 6. The largest absolute Gasteiger partial charge is 0.458 e. The van der Waals surface area contributed by atoms with Crippen molar-refractivity contribution in [3.8, 4) is 0 Å². The maximum Gasteiger partial charge on any atom is 0.153 e. The summed E-state index contributed by atoms with van der Waals surface area (Å²) in [6.45, 7) is 8.41. The lowest BCUT2D eigenvalue weighted by molar-refractivity contribution is 0.501. The molecule has 3 heteroatoms. The molecule has 1 heterocycles. The first-order valence-electron chi connectivity index (χ1n) is 7.03. The van der Waals surface area contributed by atoms with Gasteiger partial charge < -0.3 is 9.73 Å². The molecule has 2 nitrogen and oxygen atoms in total. The van der Waals surface area contributed by atoms with Gasteiger partial charge in [-0.25, -0.2) is 0 Å². The van der Waals surface area contributed by atoms with Crippen LogP contribution in [0.1, 0.15) is 38.5 Å². The molecule has 1 aromatic carbocycles. The van der Waals surface area contributed by atoms with Crippen molar-refractivity contribution in [2.45, 2.75) is 40.2 Å². The van der Waals surface area contributed by atoms with Crippen molar-refractivity contribution in [2.75, 3.05) is 6.54 Å². The van der Waals surface area contributed by atoms with Crippen LogP contribution in [0.3, 0.4) is 0 Å². The highest BCUT2D eigenvalue weighted by Crippen LogP contribution is 2.32. The Hall–Kier alpha value is -0.990. The van der Waals surface area contributed by atoms with E-state index < -0.39 is 0 Å². The van der Waals surface area contributed by atoms with Crippen molar-refractivity contribution in [1.82, 2.24) is 5.32 Å². The molecule has 0 saturated heterocycles. The van der Waals surface area contributed by atoms with Crippen LogP contribution in [0.2, 0.25) is 5.02 Å². The van der Waals surface area contributed by atoms with E-state index in [1.807, 2.05) is 12.1 Å². The molecule has 0 aliphatic carbocycles. The molecule has 0 amide bonds. The third kappa shape index (κ3) is 3.31. The number of fused-ring (bicyclic) bond motifs is 1. The molecule has 1 N–H and O–H groups in total. The van der Waals surface area contributed by atoms with Gasteiger partial charge in [-0.15, -0.1) is 0 Å². The molecule has 0 aliphatic heterocycles. The fraction of sp³-hybridized carbons (Fsp3) is 0.500. The summed E-state index contributed by atoms with van der Waals surface area (Å²) < 4.78 is 5.98. The molecule has 2 rings (SSSR count). The first-order chi connectivity index (χ1) is 9.13. The van der Waals surface area contributed by atoms with Gasteiger partial charge in [-0.3, -0.25) is 0 Å². The van der Waals surface area contributed by atoms with E-state index in [1.54, 1.807) is 0 Å². The van der Waals surface area contributed by atoms with Crippen molar-refractivity contribution < 1.29 is 4.42 Å². The summed E-state index contributed by atoms with van der Waals surface area (Å²) in [5.74, 6) is 1.63. The van der Waals surface area contributed by atoms with Gasteiger partial charge >= 0.3 is 0 Å². The molecule has 104 valence electrons. The minimum absolute atomic E-state index is 0.602. The van der Waals surface area contributed by atoms with Crippen molar-refractivity contribution >= 4 is 22.6 Å². The fourth-order valence-electron chi connectivity index (χ4n) is 2.34. The van der Waals surface area contributed by atoms with E-state index in [0.29, 0.717) is 10.9 Å². The number of furan rings is 1. The van der Waals surface area contributed by atoms with Gasteiger partial charge in [0.2, 0.25) is 0 Å². The second-order valence-electron chi connectivity index (χ2n) is 5.40. The first kappa shape index (κ1) is 14.4. The summed E-state index contributed by atoms with van der Waals surface area (Å²) in [7, 11) is 0. The quantitative estimate of drug-likeness (QED) is 0.770. The van der Waals surface area contributed by atoms with Gasteiger partial charge in [0.25, 0.3) is 0 Å². The maximum atomic E-state index is 6.23. The summed E-state index contributed by atoms with van der Waals surface area (Å²) in [5.41, 5.74) is 2.13. The molecule has 0 saturated carbocycles. The Morgan fingerprint density at radius 3 is 2.79 bits per heavy atom. The standard InChI is InChI=1S/C16H22ClNO/c1-4-8-18-10-15-13(9-11(2)3)12-6-5-7-14(17)16(12)19-15/h5-7,11,18H,4,8-10H2,1-3H3. The Bertz CT molecular complexity index is 545. The summed E-state index contributed by atoms with van der Waals surface area (Å²) in [4.78, 5) is 0. The van der Waals surface area contributed by atoms with E-state index in [4.69, 9.17) is 16.0 Å². The number of benzene rings is 1. The highest BCUT2D eigenvalue weighted by molar-refractivity contribution is 6.34. The molecule has 0 unspecified atom stereocenters. The van der Waals surface area contributed by atoms with Gasteiger partial charge in [0.15, 0.2) is 5.58 Å². The highest BCUT2D eigenvalue weighted by atomic mass is 35.5. The zero-order chi connectivity index (χ0) is 13.8. The summed E-state index contributed by atoms with van der Waals surface area (Å²) in [6.07, 6.45) is 2.15. The Morgan fingerprint density at radius 2 is 2.11 bits per heavy atom. The second kappa shape index (κ2) is 6.44. The lowest BCUT2D eigenvalue weighted by Crippen LogP contribution is -2.14. The van der Waals surface area contributed by atoms with Crippen LogP contribution >= 0.6 is 11.6 Å². The number of hydrogen-bond donors (Lipinski definition) is 1. The molecular weight excluding hydrogens is 258 g/mol. The molecule has 0 spiro atoms. The normalized spacial score (nSPS) is 11.6. The lowest BCUT2D eigenvalue weighted by Gasteiger charge is -2.06. The Labute approximate surface area is 120 Å². The second-order valence-corrected chi connectivity index (χ2v) is 5.80. The SMILES string of the molecule is CCCNCc1oc2c(Cl)cccc2c1CC(C)C.